The first-order valence-corrected chi connectivity index (χ1v) is 8.32. The van der Waals surface area contributed by atoms with Crippen molar-refractivity contribution in [2.75, 3.05) is 0 Å². The van der Waals surface area contributed by atoms with Crippen LogP contribution in [0.3, 0.4) is 0 Å². The van der Waals surface area contributed by atoms with Gasteiger partial charge < -0.3 is 0 Å². The fourth-order valence-corrected chi connectivity index (χ4v) is 6.64. The van der Waals surface area contributed by atoms with Crippen LogP contribution < -0.4 is 0 Å². The minimum atomic E-state index is -0.00396. The smallest absolute Gasteiger partial charge is 0.0544 e. The van der Waals surface area contributed by atoms with Crippen molar-refractivity contribution >= 4 is 0 Å². The second-order valence-corrected chi connectivity index (χ2v) is 7.98. The molecule has 5 aliphatic rings. The maximum atomic E-state index is 9.14. The summed E-state index contributed by atoms with van der Waals surface area (Å²) in [5.41, 5.74) is 9.54. The van der Waals surface area contributed by atoms with E-state index in [4.69, 9.17) is 5.53 Å². The highest BCUT2D eigenvalue weighted by atomic mass is 15.2. The summed E-state index contributed by atoms with van der Waals surface area (Å²) in [5, 5.41) is 4.49. The highest BCUT2D eigenvalue weighted by Crippen LogP contribution is 2.66. The van der Waals surface area contributed by atoms with Gasteiger partial charge in [-0.1, -0.05) is 24.4 Å². The second-order valence-electron chi connectivity index (χ2n) is 7.98. The van der Waals surface area contributed by atoms with E-state index in [2.05, 4.69) is 10.0 Å². The van der Waals surface area contributed by atoms with Gasteiger partial charge in [-0.25, -0.2) is 0 Å². The van der Waals surface area contributed by atoms with Crippen LogP contribution in [0.5, 0.6) is 0 Å². The monoisotopic (exact) mass is 259 g/mol. The summed E-state index contributed by atoms with van der Waals surface area (Å²) in [7, 11) is 0. The van der Waals surface area contributed by atoms with Crippen molar-refractivity contribution in [1.29, 1.82) is 0 Å². The van der Waals surface area contributed by atoms with E-state index in [1.54, 1.807) is 0 Å². The molecule has 0 atom stereocenters. The van der Waals surface area contributed by atoms with Crippen molar-refractivity contribution in [2.45, 2.75) is 76.2 Å². The summed E-state index contributed by atoms with van der Waals surface area (Å²) in [4.78, 5) is 3.31. The topological polar surface area (TPSA) is 48.8 Å². The minimum absolute atomic E-state index is 0.00396. The molecule has 0 heterocycles. The van der Waals surface area contributed by atoms with Crippen LogP contribution in [-0.2, 0) is 0 Å². The van der Waals surface area contributed by atoms with Crippen molar-refractivity contribution in [2.24, 2.45) is 28.3 Å². The van der Waals surface area contributed by atoms with Crippen LogP contribution in [0.15, 0.2) is 5.11 Å². The lowest BCUT2D eigenvalue weighted by Gasteiger charge is -2.63. The Morgan fingerprint density at radius 3 is 1.84 bits per heavy atom. The number of rotatable bonds is 2. The summed E-state index contributed by atoms with van der Waals surface area (Å²) >= 11 is 0. The van der Waals surface area contributed by atoms with Crippen LogP contribution in [0.4, 0.5) is 0 Å². The van der Waals surface area contributed by atoms with E-state index >= 15 is 0 Å². The molecule has 5 fully saturated rings. The number of azide groups is 1. The van der Waals surface area contributed by atoms with Gasteiger partial charge in [0.15, 0.2) is 0 Å². The maximum Gasteiger partial charge on any atom is 0.0544 e. The molecular weight excluding hydrogens is 234 g/mol. The van der Waals surface area contributed by atoms with Gasteiger partial charge in [-0.15, -0.1) is 0 Å². The Morgan fingerprint density at radius 2 is 1.37 bits per heavy atom. The molecule has 0 aromatic heterocycles. The molecule has 19 heavy (non-hydrogen) atoms. The van der Waals surface area contributed by atoms with Gasteiger partial charge in [0.1, 0.15) is 0 Å². The van der Waals surface area contributed by atoms with Crippen LogP contribution in [0, 0.1) is 23.2 Å². The Hall–Kier alpha value is -0.690. The normalized spacial score (nSPS) is 46.8. The van der Waals surface area contributed by atoms with E-state index in [9.17, 15) is 0 Å². The summed E-state index contributed by atoms with van der Waals surface area (Å²) in [6, 6.07) is 0. The zero-order valence-corrected chi connectivity index (χ0v) is 11.9. The van der Waals surface area contributed by atoms with Gasteiger partial charge in [0.25, 0.3) is 0 Å². The first-order valence-electron chi connectivity index (χ1n) is 8.32. The molecule has 3 nitrogen and oxygen atoms in total. The molecule has 0 amide bonds. The molecule has 0 aromatic carbocycles. The van der Waals surface area contributed by atoms with E-state index in [-0.39, 0.29) is 5.54 Å². The Balaban J connectivity index is 1.74. The lowest BCUT2D eigenvalue weighted by atomic mass is 9.43. The molecule has 0 aliphatic heterocycles. The van der Waals surface area contributed by atoms with Crippen molar-refractivity contribution in [3.05, 3.63) is 10.4 Å². The predicted octanol–water partition coefficient (Wildman–Crippen LogP) is 5.22. The molecular formula is C16H25N3. The molecule has 5 saturated carbocycles. The Bertz CT molecular complexity index is 380. The van der Waals surface area contributed by atoms with E-state index in [1.807, 2.05) is 0 Å². The molecule has 3 heteroatoms. The fraction of sp³-hybridized carbons (Fsp3) is 1.00. The molecule has 5 aliphatic carbocycles. The third-order valence-electron chi connectivity index (χ3n) is 6.94. The van der Waals surface area contributed by atoms with Crippen molar-refractivity contribution < 1.29 is 0 Å². The number of hydrogen-bond acceptors (Lipinski definition) is 1. The first kappa shape index (κ1) is 12.1. The minimum Gasteiger partial charge on any atom is -0.0867 e. The highest BCUT2D eigenvalue weighted by Gasteiger charge is 2.59. The molecule has 0 saturated heterocycles. The van der Waals surface area contributed by atoms with Gasteiger partial charge in [0, 0.05) is 4.91 Å². The van der Waals surface area contributed by atoms with Gasteiger partial charge in [0.2, 0.25) is 0 Å². The van der Waals surface area contributed by atoms with Crippen molar-refractivity contribution in [3.63, 3.8) is 0 Å². The van der Waals surface area contributed by atoms with E-state index < -0.39 is 0 Å². The third kappa shape index (κ3) is 1.67. The molecule has 0 unspecified atom stereocenters. The summed E-state index contributed by atoms with van der Waals surface area (Å²) in [6.07, 6.45) is 14.8. The number of hydrogen-bond donors (Lipinski definition) is 0. The molecule has 0 radical (unpaired) electrons. The van der Waals surface area contributed by atoms with E-state index in [0.29, 0.717) is 5.41 Å². The highest BCUT2D eigenvalue weighted by molar-refractivity contribution is 5.14. The van der Waals surface area contributed by atoms with Crippen molar-refractivity contribution in [1.82, 2.24) is 0 Å². The third-order valence-corrected chi connectivity index (χ3v) is 6.94. The molecule has 104 valence electrons. The van der Waals surface area contributed by atoms with Gasteiger partial charge in [0.05, 0.1) is 5.54 Å². The van der Waals surface area contributed by atoms with Gasteiger partial charge in [-0.3, -0.25) is 0 Å². The van der Waals surface area contributed by atoms with Gasteiger partial charge in [-0.2, -0.15) is 0 Å². The Labute approximate surface area is 115 Å². The first-order chi connectivity index (χ1) is 9.25. The fourth-order valence-electron chi connectivity index (χ4n) is 6.64. The van der Waals surface area contributed by atoms with Gasteiger partial charge in [-0.05, 0) is 80.1 Å². The van der Waals surface area contributed by atoms with Crippen LogP contribution in [0.25, 0.3) is 10.4 Å². The van der Waals surface area contributed by atoms with E-state index in [1.165, 1.54) is 70.6 Å². The Kier molecular flexibility index (Phi) is 2.64. The Morgan fingerprint density at radius 1 is 0.842 bits per heavy atom. The lowest BCUT2D eigenvalue weighted by Crippen LogP contribution is -2.57. The standard InChI is InChI=1S/C16H25N3/c17-19-18-16(4-2-1-3-5-16)15-9-12-6-13(10-15)8-14(7-12)11-15/h12-14H,1-11H2. The maximum absolute atomic E-state index is 9.14. The van der Waals surface area contributed by atoms with Crippen LogP contribution in [0.2, 0.25) is 0 Å². The second kappa shape index (κ2) is 4.15. The molecule has 0 N–H and O–H groups in total. The van der Waals surface area contributed by atoms with Gasteiger partial charge >= 0.3 is 0 Å². The summed E-state index contributed by atoms with van der Waals surface area (Å²) in [5.74, 6) is 2.87. The van der Waals surface area contributed by atoms with Crippen LogP contribution in [0.1, 0.15) is 70.6 Å². The lowest BCUT2D eigenvalue weighted by molar-refractivity contribution is -0.106. The summed E-state index contributed by atoms with van der Waals surface area (Å²) < 4.78 is 0. The van der Waals surface area contributed by atoms with Crippen LogP contribution in [-0.4, -0.2) is 5.54 Å². The molecule has 0 aromatic rings. The zero-order chi connectivity index (χ0) is 12.9. The largest absolute Gasteiger partial charge is 0.0867 e. The molecule has 5 rings (SSSR count). The quantitative estimate of drug-likeness (QED) is 0.371. The summed E-state index contributed by atoms with van der Waals surface area (Å²) in [6.45, 7) is 0. The molecule has 0 spiro atoms. The van der Waals surface area contributed by atoms with E-state index in [0.717, 1.165) is 17.8 Å². The predicted molar refractivity (Wildman–Crippen MR) is 75.6 cm³/mol. The zero-order valence-electron chi connectivity index (χ0n) is 11.9. The van der Waals surface area contributed by atoms with Crippen LogP contribution >= 0.6 is 0 Å². The average Bonchev–Trinajstić information content (AvgIpc) is 2.38. The van der Waals surface area contributed by atoms with Crippen molar-refractivity contribution in [3.8, 4) is 0 Å². The SMILES string of the molecule is [N-]=[N+]=NC1(C23CC4CC(CC(C4)C2)C3)CCCCC1. The average molecular weight is 259 g/mol. The number of nitrogens with zero attached hydrogens (tertiary/aromatic N) is 3. The molecule has 4 bridgehead atoms.